The summed E-state index contributed by atoms with van der Waals surface area (Å²) in [4.78, 5) is 15.8. The number of hydrogen-bond donors (Lipinski definition) is 1. The molecular weight excluding hydrogens is 228 g/mol. The Hall–Kier alpha value is -2.17. The number of carbonyl (C=O) groups excluding carboxylic acids is 1. The molecule has 0 saturated heterocycles. The fraction of sp³-hybridized carbons (Fsp3) is 0.308. The fourth-order valence-corrected chi connectivity index (χ4v) is 1.55. The molecule has 2 aromatic rings. The van der Waals surface area contributed by atoms with Crippen LogP contribution in [0.15, 0.2) is 36.9 Å². The van der Waals surface area contributed by atoms with Gasteiger partial charge in [-0.05, 0) is 18.6 Å². The molecule has 0 aliphatic carbocycles. The van der Waals surface area contributed by atoms with Crippen LogP contribution in [0.1, 0.15) is 20.3 Å². The molecule has 0 spiro atoms. The summed E-state index contributed by atoms with van der Waals surface area (Å²) in [5.74, 6) is 0.0128. The third kappa shape index (κ3) is 2.56. The first-order chi connectivity index (χ1) is 8.72. The number of nitrogens with zero attached hydrogens (tertiary/aromatic N) is 3. The largest absolute Gasteiger partial charge is 0.324 e. The van der Waals surface area contributed by atoms with E-state index in [2.05, 4.69) is 15.4 Å². The molecule has 0 aliphatic rings. The maximum absolute atomic E-state index is 11.9. The van der Waals surface area contributed by atoms with E-state index in [9.17, 15) is 4.79 Å². The Kier molecular flexibility index (Phi) is 3.72. The Labute approximate surface area is 106 Å². The summed E-state index contributed by atoms with van der Waals surface area (Å²) in [7, 11) is 0. The minimum Gasteiger partial charge on any atom is -0.324 e. The van der Waals surface area contributed by atoms with Crippen LogP contribution in [0.2, 0.25) is 0 Å². The average molecular weight is 244 g/mol. The first-order valence-corrected chi connectivity index (χ1v) is 5.97. The number of aromatic nitrogens is 3. The van der Waals surface area contributed by atoms with Gasteiger partial charge in [-0.1, -0.05) is 26.0 Å². The van der Waals surface area contributed by atoms with Crippen molar-refractivity contribution in [2.75, 3.05) is 5.32 Å². The Balaban J connectivity index is 2.26. The molecule has 2 rings (SSSR count). The van der Waals surface area contributed by atoms with Gasteiger partial charge in [0.05, 0.1) is 11.4 Å². The zero-order valence-corrected chi connectivity index (χ0v) is 10.5. The first kappa shape index (κ1) is 12.3. The molecule has 1 atom stereocenters. The summed E-state index contributed by atoms with van der Waals surface area (Å²) in [6.45, 7) is 3.90. The van der Waals surface area contributed by atoms with Crippen molar-refractivity contribution in [2.45, 2.75) is 20.3 Å². The molecule has 1 heterocycles. The van der Waals surface area contributed by atoms with E-state index in [0.29, 0.717) is 0 Å². The van der Waals surface area contributed by atoms with Gasteiger partial charge in [-0.2, -0.15) is 5.10 Å². The quantitative estimate of drug-likeness (QED) is 0.897. The van der Waals surface area contributed by atoms with Gasteiger partial charge in [0.25, 0.3) is 0 Å². The molecular formula is C13H16N4O. The van der Waals surface area contributed by atoms with E-state index < -0.39 is 0 Å². The van der Waals surface area contributed by atoms with E-state index in [1.165, 1.54) is 6.33 Å². The monoisotopic (exact) mass is 244 g/mol. The van der Waals surface area contributed by atoms with Gasteiger partial charge < -0.3 is 5.32 Å². The molecule has 1 unspecified atom stereocenters. The Morgan fingerprint density at radius 2 is 2.22 bits per heavy atom. The lowest BCUT2D eigenvalue weighted by molar-refractivity contribution is -0.119. The zero-order valence-electron chi connectivity index (χ0n) is 10.5. The molecule has 0 bridgehead atoms. The molecule has 1 N–H and O–H groups in total. The molecule has 94 valence electrons. The molecule has 1 aromatic carbocycles. The molecule has 0 fully saturated rings. The van der Waals surface area contributed by atoms with E-state index in [1.807, 2.05) is 38.1 Å². The molecule has 0 aliphatic heterocycles. The average Bonchev–Trinajstić information content (AvgIpc) is 2.92. The van der Waals surface area contributed by atoms with Crippen LogP contribution in [0.4, 0.5) is 5.69 Å². The van der Waals surface area contributed by atoms with Crippen molar-refractivity contribution in [3.05, 3.63) is 36.9 Å². The molecule has 1 aromatic heterocycles. The van der Waals surface area contributed by atoms with Crippen LogP contribution in [0.25, 0.3) is 5.69 Å². The third-order valence-corrected chi connectivity index (χ3v) is 2.89. The van der Waals surface area contributed by atoms with Gasteiger partial charge in [0, 0.05) is 5.92 Å². The van der Waals surface area contributed by atoms with Gasteiger partial charge in [0.15, 0.2) is 0 Å². The Morgan fingerprint density at radius 3 is 2.89 bits per heavy atom. The smallest absolute Gasteiger partial charge is 0.227 e. The Morgan fingerprint density at radius 1 is 1.44 bits per heavy atom. The van der Waals surface area contributed by atoms with E-state index in [1.54, 1.807) is 11.0 Å². The van der Waals surface area contributed by atoms with Gasteiger partial charge in [0.2, 0.25) is 5.91 Å². The van der Waals surface area contributed by atoms with Gasteiger partial charge in [-0.3, -0.25) is 4.79 Å². The standard InChI is InChI=1S/C13H16N4O/c1-3-10(2)13(18)16-11-6-4-5-7-12(11)17-9-14-8-15-17/h4-10H,3H2,1-2H3,(H,16,18). The number of hydrogen-bond acceptors (Lipinski definition) is 3. The zero-order chi connectivity index (χ0) is 13.0. The second-order valence-electron chi connectivity index (χ2n) is 4.16. The molecule has 5 heteroatoms. The maximum atomic E-state index is 11.9. The summed E-state index contributed by atoms with van der Waals surface area (Å²) in [6, 6.07) is 7.53. The van der Waals surface area contributed by atoms with E-state index >= 15 is 0 Å². The predicted molar refractivity (Wildman–Crippen MR) is 69.4 cm³/mol. The highest BCUT2D eigenvalue weighted by molar-refractivity contribution is 5.94. The normalized spacial score (nSPS) is 12.1. The highest BCUT2D eigenvalue weighted by atomic mass is 16.1. The highest BCUT2D eigenvalue weighted by Gasteiger charge is 2.13. The molecule has 0 radical (unpaired) electrons. The van der Waals surface area contributed by atoms with Crippen molar-refractivity contribution in [2.24, 2.45) is 5.92 Å². The number of anilines is 1. The van der Waals surface area contributed by atoms with E-state index in [-0.39, 0.29) is 11.8 Å². The van der Waals surface area contributed by atoms with E-state index in [0.717, 1.165) is 17.8 Å². The highest BCUT2D eigenvalue weighted by Crippen LogP contribution is 2.19. The van der Waals surface area contributed by atoms with Crippen LogP contribution in [0.3, 0.4) is 0 Å². The van der Waals surface area contributed by atoms with Crippen LogP contribution in [0.5, 0.6) is 0 Å². The number of amides is 1. The Bertz CT molecular complexity index is 522. The lowest BCUT2D eigenvalue weighted by Crippen LogP contribution is -2.20. The van der Waals surface area contributed by atoms with Crippen molar-refractivity contribution < 1.29 is 4.79 Å². The van der Waals surface area contributed by atoms with Crippen LogP contribution < -0.4 is 5.32 Å². The second kappa shape index (κ2) is 5.44. The number of para-hydroxylation sites is 2. The topological polar surface area (TPSA) is 59.8 Å². The van der Waals surface area contributed by atoms with Crippen LogP contribution in [-0.2, 0) is 4.79 Å². The van der Waals surface area contributed by atoms with Crippen LogP contribution >= 0.6 is 0 Å². The summed E-state index contributed by atoms with van der Waals surface area (Å²) in [5, 5.41) is 7.00. The van der Waals surface area contributed by atoms with Crippen LogP contribution in [0, 0.1) is 5.92 Å². The van der Waals surface area contributed by atoms with Crippen LogP contribution in [-0.4, -0.2) is 20.7 Å². The maximum Gasteiger partial charge on any atom is 0.227 e. The molecule has 18 heavy (non-hydrogen) atoms. The minimum absolute atomic E-state index is 0.00574. The van der Waals surface area contributed by atoms with Crippen molar-refractivity contribution in [3.63, 3.8) is 0 Å². The van der Waals surface area contributed by atoms with Gasteiger partial charge in [0.1, 0.15) is 12.7 Å². The first-order valence-electron chi connectivity index (χ1n) is 5.97. The lowest BCUT2D eigenvalue weighted by atomic mass is 10.1. The lowest BCUT2D eigenvalue weighted by Gasteiger charge is -2.13. The number of nitrogens with one attached hydrogen (secondary N) is 1. The molecule has 5 nitrogen and oxygen atoms in total. The number of carbonyl (C=O) groups is 1. The number of rotatable bonds is 4. The van der Waals surface area contributed by atoms with E-state index in [4.69, 9.17) is 0 Å². The van der Waals surface area contributed by atoms with Gasteiger partial charge in [-0.15, -0.1) is 0 Å². The summed E-state index contributed by atoms with van der Waals surface area (Å²) < 4.78 is 1.63. The summed E-state index contributed by atoms with van der Waals surface area (Å²) in [5.41, 5.74) is 1.56. The van der Waals surface area contributed by atoms with Crippen molar-refractivity contribution in [1.82, 2.24) is 14.8 Å². The van der Waals surface area contributed by atoms with Crippen molar-refractivity contribution in [3.8, 4) is 5.69 Å². The van der Waals surface area contributed by atoms with Crippen molar-refractivity contribution >= 4 is 11.6 Å². The SMILES string of the molecule is CCC(C)C(=O)Nc1ccccc1-n1cncn1. The van der Waals surface area contributed by atoms with Gasteiger partial charge in [-0.25, -0.2) is 9.67 Å². The minimum atomic E-state index is -0.00574. The van der Waals surface area contributed by atoms with Gasteiger partial charge >= 0.3 is 0 Å². The summed E-state index contributed by atoms with van der Waals surface area (Å²) >= 11 is 0. The van der Waals surface area contributed by atoms with Crippen molar-refractivity contribution in [1.29, 1.82) is 0 Å². The molecule has 0 saturated carbocycles. The predicted octanol–water partition coefficient (Wildman–Crippen LogP) is 2.25. The molecule has 1 amide bonds. The number of benzene rings is 1. The third-order valence-electron chi connectivity index (χ3n) is 2.89. The second-order valence-corrected chi connectivity index (χ2v) is 4.16. The summed E-state index contributed by atoms with van der Waals surface area (Å²) in [6.07, 6.45) is 3.89. The fourth-order valence-electron chi connectivity index (χ4n) is 1.55.